The number of aromatic nitrogens is 1. The predicted molar refractivity (Wildman–Crippen MR) is 293 cm³/mol. The molecule has 8 atom stereocenters. The minimum absolute atomic E-state index is 0.0243. The van der Waals surface area contributed by atoms with Crippen LogP contribution in [0.3, 0.4) is 0 Å². The number of hydrogen-bond donors (Lipinski definition) is 13. The normalized spacial score (nSPS) is 23.5. The maximum Gasteiger partial charge on any atom is 0.246 e. The molecule has 2 saturated heterocycles. The van der Waals surface area contributed by atoms with E-state index in [0.717, 1.165) is 35.7 Å². The van der Waals surface area contributed by atoms with Gasteiger partial charge >= 0.3 is 0 Å². The molecule has 1 saturated carbocycles. The molecule has 0 radical (unpaired) electrons. The first-order valence-corrected chi connectivity index (χ1v) is 28.6. The number of nitrogens with two attached hydrogens (primary N) is 5. The van der Waals surface area contributed by atoms with E-state index in [0.29, 0.717) is 25.7 Å². The van der Waals surface area contributed by atoms with Crippen molar-refractivity contribution in [2.75, 3.05) is 25.4 Å². The topological polar surface area (TPSA) is 433 Å². The van der Waals surface area contributed by atoms with E-state index in [9.17, 15) is 52.7 Å². The fraction of sp³-hybridized carbons (Fsp3) is 0.600. The van der Waals surface area contributed by atoms with Gasteiger partial charge in [0, 0.05) is 60.0 Å². The highest BCUT2D eigenvalue weighted by molar-refractivity contribution is 8.77. The molecule has 18 N–H and O–H groups in total. The number of carbonyl (C=O) groups is 11. The number of H-pyrrole nitrogens is 1. The summed E-state index contributed by atoms with van der Waals surface area (Å²) in [6, 6.07) is -2.17. The van der Waals surface area contributed by atoms with Crippen LogP contribution >= 0.6 is 21.6 Å². The fourth-order valence-electron chi connectivity index (χ4n) is 9.72. The first-order valence-electron chi connectivity index (χ1n) is 26.3. The van der Waals surface area contributed by atoms with Crippen LogP contribution in [0.25, 0.3) is 10.9 Å². The van der Waals surface area contributed by atoms with Gasteiger partial charge in [0.25, 0.3) is 0 Å². The molecular weight excluding hydrogens is 1050 g/mol. The number of primary amides is 3. The van der Waals surface area contributed by atoms with Crippen LogP contribution in [0, 0.1) is 5.92 Å². The van der Waals surface area contributed by atoms with Crippen LogP contribution < -0.4 is 65.9 Å². The molecular formula is C50H75N15O11S2. The van der Waals surface area contributed by atoms with Gasteiger partial charge in [0.05, 0.1) is 13.0 Å². The van der Waals surface area contributed by atoms with E-state index >= 15 is 0 Å². The van der Waals surface area contributed by atoms with Crippen molar-refractivity contribution in [1.29, 1.82) is 0 Å². The molecule has 3 heterocycles. The predicted octanol–water partition coefficient (Wildman–Crippen LogP) is -2.06. The molecule has 0 bridgehead atoms. The van der Waals surface area contributed by atoms with Crippen LogP contribution in [0.1, 0.15) is 109 Å². The number of likely N-dealkylation sites (tertiary alicyclic amines) is 1. The Kier molecular flexibility index (Phi) is 23.4. The summed E-state index contributed by atoms with van der Waals surface area (Å²) in [6.07, 6.45) is 4.84. The van der Waals surface area contributed by atoms with E-state index in [2.05, 4.69) is 47.2 Å². The van der Waals surface area contributed by atoms with Gasteiger partial charge in [0.1, 0.15) is 42.3 Å². The summed E-state index contributed by atoms with van der Waals surface area (Å²) in [5, 5.41) is 19.4. The van der Waals surface area contributed by atoms with Gasteiger partial charge in [-0.1, -0.05) is 79.3 Å². The van der Waals surface area contributed by atoms with Gasteiger partial charge in [-0.05, 0) is 62.5 Å². The van der Waals surface area contributed by atoms with Crippen LogP contribution in [-0.4, -0.2) is 153 Å². The summed E-state index contributed by atoms with van der Waals surface area (Å²) in [4.78, 5) is 159. The van der Waals surface area contributed by atoms with Crippen molar-refractivity contribution < 1.29 is 52.7 Å². The lowest BCUT2D eigenvalue weighted by Crippen LogP contribution is -2.61. The lowest BCUT2D eigenvalue weighted by Gasteiger charge is -2.37. The number of rotatable bonds is 19. The summed E-state index contributed by atoms with van der Waals surface area (Å²) in [6.45, 7) is 3.14. The van der Waals surface area contributed by atoms with Gasteiger partial charge in [0.2, 0.25) is 65.0 Å². The van der Waals surface area contributed by atoms with Crippen LogP contribution in [0.2, 0.25) is 0 Å². The zero-order chi connectivity index (χ0) is 57.1. The zero-order valence-electron chi connectivity index (χ0n) is 44.0. The third-order valence-corrected chi connectivity index (χ3v) is 17.4. The van der Waals surface area contributed by atoms with Crippen molar-refractivity contribution in [3.8, 4) is 0 Å². The van der Waals surface area contributed by atoms with Gasteiger partial charge in [-0.25, -0.2) is 0 Å². The molecule has 0 unspecified atom stereocenters. The lowest BCUT2D eigenvalue weighted by molar-refractivity contribution is -0.142. The Morgan fingerprint density at radius 3 is 2.19 bits per heavy atom. The van der Waals surface area contributed by atoms with E-state index < -0.39 is 137 Å². The molecule has 26 nitrogen and oxygen atoms in total. The molecule has 3 fully saturated rings. The number of benzene rings is 1. The molecule has 28 heteroatoms. The largest absolute Gasteiger partial charge is 0.370 e. The Morgan fingerprint density at radius 1 is 0.821 bits per heavy atom. The fourth-order valence-corrected chi connectivity index (χ4v) is 13.1. The number of hydrogen-bond acceptors (Lipinski definition) is 14. The molecule has 5 rings (SSSR count). The monoisotopic (exact) mass is 1130 g/mol. The average molecular weight is 1130 g/mol. The summed E-state index contributed by atoms with van der Waals surface area (Å²) in [7, 11) is 2.54. The van der Waals surface area contributed by atoms with Crippen molar-refractivity contribution in [3.05, 3.63) is 36.0 Å². The van der Waals surface area contributed by atoms with Gasteiger partial charge in [-0.15, -0.1) is 0 Å². The summed E-state index contributed by atoms with van der Waals surface area (Å²) < 4.78 is -0.726. The molecule has 11 amide bonds. The molecule has 2 aromatic rings. The number of carbonyl (C=O) groups excluding carboxylic acids is 11. The maximum absolute atomic E-state index is 14.9. The molecule has 1 aromatic heterocycles. The molecule has 78 heavy (non-hydrogen) atoms. The first-order chi connectivity index (χ1) is 37.1. The van der Waals surface area contributed by atoms with E-state index in [4.69, 9.17) is 28.7 Å². The quantitative estimate of drug-likeness (QED) is 0.0311. The van der Waals surface area contributed by atoms with Gasteiger partial charge in [-0.3, -0.25) is 57.7 Å². The SMILES string of the molecule is CC[C@H](C)[C@@H]1NC(=O)[C@@H](Cc2c[nH]c3ccccc23)NC(=O)CC2(CCCCC2)SSC[C@@H](C(=O)N2CCC[C@@H]2C(=O)N[C@@H](CCCN=C(N)N)C(=O)NCC(N)=O)NC(=O)[C@H](CC(N)=O)NC(=O)[C@H](CCC(N)=O)NC1=O. The third kappa shape index (κ3) is 18.3. The second-order valence-electron chi connectivity index (χ2n) is 20.1. The molecule has 1 spiro atoms. The van der Waals surface area contributed by atoms with E-state index in [-0.39, 0.29) is 63.3 Å². The van der Waals surface area contributed by atoms with E-state index in [1.807, 2.05) is 24.3 Å². The number of para-hydroxylation sites is 1. The minimum Gasteiger partial charge on any atom is -0.370 e. The van der Waals surface area contributed by atoms with E-state index in [1.165, 1.54) is 26.5 Å². The Balaban J connectivity index is 1.53. The molecule has 3 aliphatic rings. The van der Waals surface area contributed by atoms with Gasteiger partial charge < -0.3 is 75.8 Å². The van der Waals surface area contributed by atoms with Crippen LogP contribution in [0.4, 0.5) is 0 Å². The van der Waals surface area contributed by atoms with Crippen molar-refractivity contribution in [2.24, 2.45) is 39.6 Å². The van der Waals surface area contributed by atoms with Gasteiger partial charge in [0.15, 0.2) is 5.96 Å². The summed E-state index contributed by atoms with van der Waals surface area (Å²) >= 11 is 0. The van der Waals surface area contributed by atoms with Crippen LogP contribution in [0.5, 0.6) is 0 Å². The second-order valence-corrected chi connectivity index (χ2v) is 22.9. The first kappa shape index (κ1) is 61.7. The van der Waals surface area contributed by atoms with Crippen LogP contribution in [0.15, 0.2) is 35.5 Å². The van der Waals surface area contributed by atoms with Gasteiger partial charge in [-0.2, -0.15) is 0 Å². The lowest BCUT2D eigenvalue weighted by atomic mass is 9.85. The smallest absolute Gasteiger partial charge is 0.246 e. The Morgan fingerprint density at radius 2 is 1.51 bits per heavy atom. The highest BCUT2D eigenvalue weighted by Gasteiger charge is 2.42. The van der Waals surface area contributed by atoms with E-state index in [1.54, 1.807) is 20.0 Å². The number of nitrogens with zero attached hydrogens (tertiary/aromatic N) is 2. The maximum atomic E-state index is 14.9. The van der Waals surface area contributed by atoms with Crippen LogP contribution in [-0.2, 0) is 59.2 Å². The summed E-state index contributed by atoms with van der Waals surface area (Å²) in [5.41, 5.74) is 28.8. The molecule has 1 aliphatic carbocycles. The third-order valence-electron chi connectivity index (χ3n) is 14.1. The highest BCUT2D eigenvalue weighted by Crippen LogP contribution is 2.48. The number of guanidine groups is 1. The number of amides is 11. The Bertz CT molecular complexity index is 2550. The average Bonchev–Trinajstić information content (AvgIpc) is 4.07. The number of nitrogens with one attached hydrogen (secondary N) is 8. The van der Waals surface area contributed by atoms with Crippen molar-refractivity contribution in [2.45, 2.75) is 157 Å². The molecule has 428 valence electrons. The zero-order valence-corrected chi connectivity index (χ0v) is 45.7. The molecule has 1 aromatic carbocycles. The summed E-state index contributed by atoms with van der Waals surface area (Å²) in [5.74, 6) is -9.80. The van der Waals surface area contributed by atoms with Crippen molar-refractivity contribution >= 4 is 103 Å². The second kappa shape index (κ2) is 29.6. The number of aliphatic imine (C=N–C) groups is 1. The number of aromatic amines is 1. The Labute approximate surface area is 459 Å². The highest BCUT2D eigenvalue weighted by atomic mass is 33.1. The van der Waals surface area contributed by atoms with Crippen molar-refractivity contribution in [3.63, 3.8) is 0 Å². The minimum atomic E-state index is -1.75. The standard InChI is InChI=1S/C50H75N15O11S2/c1-3-27(2)41-47(75)61-32(15-16-37(51)66)43(71)62-34(22-38(52)67)44(72)63-35(48(76)65-20-10-14-36(65)46(74)60-31(13-9-19-56-49(54)55)42(70)58-25-39(53)68)26-77-78-50(17-7-4-8-18-50)23-40(69)59-33(45(73)64-41)21-28-24-57-30-12-6-5-11-29(28)30/h5-6,11-12,24,27,31-36,41,57H,3-4,7-10,13-23,25-26H2,1-2H3,(H2,51,66)(H2,52,67)(H2,53,68)(H,58,70)(H,59,69)(H,60,74)(H,61,75)(H,62,71)(H,63,72)(H,64,73)(H4,54,55,56)/t27-,31-,32-,33+,34-,35-,36+,41-/m0/s1. The Hall–Kier alpha value is -7.10. The number of fused-ring (bicyclic) bond motifs is 1. The van der Waals surface area contributed by atoms with Crippen molar-refractivity contribution in [1.82, 2.24) is 47.1 Å². The molecule has 2 aliphatic heterocycles.